The lowest BCUT2D eigenvalue weighted by Gasteiger charge is -2.24. The molecule has 0 aromatic heterocycles. The molecular formula is C49H95NO8P+. The predicted molar refractivity (Wildman–Crippen MR) is 247 cm³/mol. The van der Waals surface area contributed by atoms with E-state index in [2.05, 4.69) is 38.2 Å². The van der Waals surface area contributed by atoms with E-state index in [4.69, 9.17) is 18.5 Å². The van der Waals surface area contributed by atoms with Crippen LogP contribution in [0.15, 0.2) is 24.3 Å². The highest BCUT2D eigenvalue weighted by molar-refractivity contribution is 7.47. The van der Waals surface area contributed by atoms with E-state index in [1.54, 1.807) is 0 Å². The molecule has 1 N–H and O–H groups in total. The van der Waals surface area contributed by atoms with Gasteiger partial charge in [0.25, 0.3) is 0 Å². The Morgan fingerprint density at radius 3 is 1.36 bits per heavy atom. The molecule has 0 saturated carbocycles. The van der Waals surface area contributed by atoms with Crippen LogP contribution in [0.2, 0.25) is 0 Å². The summed E-state index contributed by atoms with van der Waals surface area (Å²) >= 11 is 0. The fraction of sp³-hybridized carbons (Fsp3) is 0.878. The Balaban J connectivity index is 4.28. The first kappa shape index (κ1) is 57.5. The standard InChI is InChI=1S/C49H94NO8P/c1-6-8-10-12-14-16-18-20-22-24-26-28-30-32-34-36-38-40-42-49(52)58-47(46-57-59(53,54)56-44-43-50(3,4)5)45-55-48(51)41-39-37-35-33-31-29-27-25-23-21-19-17-15-13-11-9-7-2/h16,18,22,24,47H,6-15,17,19-21,23,25-46H2,1-5H3/p+1/b18-16-,24-22-. The minimum atomic E-state index is -4.38. The number of hydrogen-bond acceptors (Lipinski definition) is 7. The van der Waals surface area contributed by atoms with Crippen molar-refractivity contribution in [3.05, 3.63) is 24.3 Å². The summed E-state index contributed by atoms with van der Waals surface area (Å²) in [6.07, 6.45) is 46.5. The summed E-state index contributed by atoms with van der Waals surface area (Å²) in [4.78, 5) is 35.5. The van der Waals surface area contributed by atoms with Crippen molar-refractivity contribution in [2.75, 3.05) is 47.5 Å². The molecule has 0 rings (SSSR count). The molecule has 0 aliphatic rings. The maximum absolute atomic E-state index is 12.7. The molecule has 0 aromatic carbocycles. The molecule has 0 aliphatic heterocycles. The van der Waals surface area contributed by atoms with Crippen molar-refractivity contribution in [1.29, 1.82) is 0 Å². The SMILES string of the molecule is CCCCCC/C=C\C/C=C\CCCCCCCCCC(=O)OC(COC(=O)CCCCCCCCCCCCCCCCCCC)COP(=O)(O)OCC[N+](C)(C)C. The Bertz CT molecular complexity index is 1060. The molecule has 0 radical (unpaired) electrons. The number of unbranched alkanes of at least 4 members (excludes halogenated alkanes) is 27. The number of rotatable bonds is 45. The minimum Gasteiger partial charge on any atom is -0.462 e. The average Bonchev–Trinajstić information content (AvgIpc) is 3.19. The van der Waals surface area contributed by atoms with E-state index in [0.717, 1.165) is 51.4 Å². The Morgan fingerprint density at radius 1 is 0.525 bits per heavy atom. The maximum atomic E-state index is 12.7. The molecule has 10 heteroatoms. The van der Waals surface area contributed by atoms with Crippen LogP contribution in [0.25, 0.3) is 0 Å². The van der Waals surface area contributed by atoms with Crippen LogP contribution in [-0.2, 0) is 32.7 Å². The molecule has 2 atom stereocenters. The second-order valence-corrected chi connectivity index (χ2v) is 19.3. The quantitative estimate of drug-likeness (QED) is 0.0212. The van der Waals surface area contributed by atoms with E-state index in [9.17, 15) is 19.0 Å². The van der Waals surface area contributed by atoms with Crippen LogP contribution in [0.4, 0.5) is 0 Å². The second-order valence-electron chi connectivity index (χ2n) is 17.9. The van der Waals surface area contributed by atoms with Gasteiger partial charge in [-0.3, -0.25) is 18.6 Å². The second kappa shape index (κ2) is 41.8. The van der Waals surface area contributed by atoms with E-state index < -0.39 is 26.5 Å². The number of carbonyl (C=O) groups excluding carboxylic acids is 2. The molecule has 59 heavy (non-hydrogen) atoms. The normalized spacial score (nSPS) is 13.7. The number of likely N-dealkylation sites (N-methyl/N-ethyl adjacent to an activating group) is 1. The summed E-state index contributed by atoms with van der Waals surface area (Å²) in [6.45, 7) is 4.43. The van der Waals surface area contributed by atoms with Gasteiger partial charge in [0.1, 0.15) is 19.8 Å². The lowest BCUT2D eigenvalue weighted by molar-refractivity contribution is -0.870. The summed E-state index contributed by atoms with van der Waals surface area (Å²) in [5.41, 5.74) is 0. The molecule has 2 unspecified atom stereocenters. The van der Waals surface area contributed by atoms with E-state index in [1.807, 2.05) is 21.1 Å². The minimum absolute atomic E-state index is 0.0320. The largest absolute Gasteiger partial charge is 0.472 e. The Morgan fingerprint density at radius 2 is 0.915 bits per heavy atom. The van der Waals surface area contributed by atoms with E-state index in [-0.39, 0.29) is 25.6 Å². The molecule has 0 heterocycles. The summed E-state index contributed by atoms with van der Waals surface area (Å²) in [5, 5.41) is 0. The van der Waals surface area contributed by atoms with Crippen molar-refractivity contribution in [3.63, 3.8) is 0 Å². The van der Waals surface area contributed by atoms with Gasteiger partial charge in [-0.1, -0.05) is 192 Å². The van der Waals surface area contributed by atoms with Crippen LogP contribution in [0.5, 0.6) is 0 Å². The van der Waals surface area contributed by atoms with Gasteiger partial charge in [-0.25, -0.2) is 4.57 Å². The van der Waals surface area contributed by atoms with Gasteiger partial charge >= 0.3 is 19.8 Å². The molecule has 348 valence electrons. The van der Waals surface area contributed by atoms with Gasteiger partial charge < -0.3 is 18.9 Å². The Kier molecular flexibility index (Phi) is 40.8. The average molecular weight is 857 g/mol. The topological polar surface area (TPSA) is 108 Å². The van der Waals surface area contributed by atoms with E-state index >= 15 is 0 Å². The van der Waals surface area contributed by atoms with Gasteiger partial charge in [-0.05, 0) is 44.9 Å². The van der Waals surface area contributed by atoms with E-state index in [0.29, 0.717) is 23.9 Å². The third-order valence-corrected chi connectivity index (χ3v) is 11.7. The number of carbonyl (C=O) groups is 2. The zero-order valence-electron chi connectivity index (χ0n) is 39.2. The van der Waals surface area contributed by atoms with Crippen molar-refractivity contribution in [2.24, 2.45) is 0 Å². The fourth-order valence-corrected chi connectivity index (χ4v) is 7.61. The van der Waals surface area contributed by atoms with Gasteiger partial charge in [0, 0.05) is 12.8 Å². The summed E-state index contributed by atoms with van der Waals surface area (Å²) < 4.78 is 34.4. The molecule has 0 spiro atoms. The number of quaternary nitrogens is 1. The first-order valence-corrected chi connectivity index (χ1v) is 26.1. The number of phosphoric acid groups is 1. The van der Waals surface area contributed by atoms with Gasteiger partial charge in [0.05, 0.1) is 27.7 Å². The van der Waals surface area contributed by atoms with Crippen LogP contribution < -0.4 is 0 Å². The number of allylic oxidation sites excluding steroid dienone is 4. The molecule has 0 fully saturated rings. The highest BCUT2D eigenvalue weighted by atomic mass is 31.2. The number of esters is 2. The highest BCUT2D eigenvalue weighted by Crippen LogP contribution is 2.43. The Hall–Kier alpha value is -1.51. The van der Waals surface area contributed by atoms with Crippen LogP contribution in [0, 0.1) is 0 Å². The molecule has 0 aliphatic carbocycles. The number of ether oxygens (including phenoxy) is 2. The zero-order valence-corrected chi connectivity index (χ0v) is 40.1. The number of phosphoric ester groups is 1. The predicted octanol–water partition coefficient (Wildman–Crippen LogP) is 14.3. The van der Waals surface area contributed by atoms with Crippen LogP contribution in [0.3, 0.4) is 0 Å². The van der Waals surface area contributed by atoms with Gasteiger partial charge in [0.2, 0.25) is 0 Å². The maximum Gasteiger partial charge on any atom is 0.472 e. The third kappa shape index (κ3) is 45.8. The first-order chi connectivity index (χ1) is 28.5. The molecular weight excluding hydrogens is 762 g/mol. The highest BCUT2D eigenvalue weighted by Gasteiger charge is 2.27. The monoisotopic (exact) mass is 857 g/mol. The van der Waals surface area contributed by atoms with Crippen molar-refractivity contribution in [3.8, 4) is 0 Å². The summed E-state index contributed by atoms with van der Waals surface area (Å²) in [7, 11) is 1.48. The Labute approximate surface area is 364 Å². The van der Waals surface area contributed by atoms with Crippen molar-refractivity contribution in [2.45, 2.75) is 232 Å². The smallest absolute Gasteiger partial charge is 0.462 e. The van der Waals surface area contributed by atoms with Gasteiger partial charge in [0.15, 0.2) is 6.10 Å². The van der Waals surface area contributed by atoms with E-state index in [1.165, 1.54) is 141 Å². The van der Waals surface area contributed by atoms with Crippen LogP contribution in [-0.4, -0.2) is 74.9 Å². The molecule has 0 saturated heterocycles. The van der Waals surface area contributed by atoms with Crippen molar-refractivity contribution >= 4 is 19.8 Å². The van der Waals surface area contributed by atoms with Crippen LogP contribution >= 0.6 is 7.82 Å². The zero-order chi connectivity index (χ0) is 43.6. The molecule has 0 amide bonds. The lowest BCUT2D eigenvalue weighted by Crippen LogP contribution is -2.37. The van der Waals surface area contributed by atoms with Crippen LogP contribution in [0.1, 0.15) is 226 Å². The summed E-state index contributed by atoms with van der Waals surface area (Å²) in [6, 6.07) is 0. The third-order valence-electron chi connectivity index (χ3n) is 10.7. The summed E-state index contributed by atoms with van der Waals surface area (Å²) in [5.74, 6) is -0.797. The van der Waals surface area contributed by atoms with Gasteiger partial charge in [-0.15, -0.1) is 0 Å². The number of nitrogens with zero attached hydrogens (tertiary/aromatic N) is 1. The lowest BCUT2D eigenvalue weighted by atomic mass is 10.0. The van der Waals surface area contributed by atoms with Gasteiger partial charge in [-0.2, -0.15) is 0 Å². The first-order valence-electron chi connectivity index (χ1n) is 24.6. The number of hydrogen-bond donors (Lipinski definition) is 1. The molecule has 0 bridgehead atoms. The van der Waals surface area contributed by atoms with Crippen molar-refractivity contribution in [1.82, 2.24) is 0 Å². The fourth-order valence-electron chi connectivity index (χ4n) is 6.87. The molecule has 0 aromatic rings. The van der Waals surface area contributed by atoms with Crippen molar-refractivity contribution < 1.29 is 42.1 Å². The molecule has 9 nitrogen and oxygen atoms in total.